The number of carbonyl (C=O) groups is 1. The minimum absolute atomic E-state index is 0.0829. The number of amides is 2. The number of rotatable bonds is 2. The van der Waals surface area contributed by atoms with Crippen molar-refractivity contribution in [3.05, 3.63) is 58.9 Å². The van der Waals surface area contributed by atoms with Gasteiger partial charge in [0.05, 0.1) is 13.1 Å². The predicted molar refractivity (Wildman–Crippen MR) is 97.5 cm³/mol. The molecule has 0 bridgehead atoms. The zero-order valence-electron chi connectivity index (χ0n) is 15.3. The highest BCUT2D eigenvalue weighted by Crippen LogP contribution is 2.29. The van der Waals surface area contributed by atoms with Crippen LogP contribution in [0.15, 0.2) is 36.4 Å². The second-order valence-corrected chi connectivity index (χ2v) is 7.24. The second-order valence-electron chi connectivity index (χ2n) is 7.24. The Labute approximate surface area is 149 Å². The standard InChI is InChI=1S/C20H25N3O2/c1-14-9-16(10-15(2)22-14)11-21-19(24)23-12-17-7-5-6-8-18(17)25-20(3,4)13-23/h5-10H,11-13H2,1-4H3,(H,21,24). The average molecular weight is 339 g/mol. The minimum atomic E-state index is -0.437. The fraction of sp³-hybridized carbons (Fsp3) is 0.400. The van der Waals surface area contributed by atoms with Gasteiger partial charge in [-0.1, -0.05) is 18.2 Å². The van der Waals surface area contributed by atoms with Crippen LogP contribution in [0, 0.1) is 13.8 Å². The lowest BCUT2D eigenvalue weighted by atomic mass is 10.1. The highest BCUT2D eigenvalue weighted by Gasteiger charge is 2.31. The molecule has 0 saturated heterocycles. The van der Waals surface area contributed by atoms with Crippen LogP contribution in [-0.4, -0.2) is 28.1 Å². The van der Waals surface area contributed by atoms with Gasteiger partial charge in [-0.25, -0.2) is 4.79 Å². The zero-order valence-corrected chi connectivity index (χ0v) is 15.3. The van der Waals surface area contributed by atoms with Crippen molar-refractivity contribution in [1.82, 2.24) is 15.2 Å². The fourth-order valence-electron chi connectivity index (χ4n) is 3.24. The Morgan fingerprint density at radius 3 is 2.64 bits per heavy atom. The predicted octanol–water partition coefficient (Wildman–Crippen LogP) is 3.58. The summed E-state index contributed by atoms with van der Waals surface area (Å²) >= 11 is 0. The molecular weight excluding hydrogens is 314 g/mol. The van der Waals surface area contributed by atoms with Gasteiger partial charge in [0.2, 0.25) is 0 Å². The monoisotopic (exact) mass is 339 g/mol. The molecule has 25 heavy (non-hydrogen) atoms. The number of fused-ring (bicyclic) bond motifs is 1. The van der Waals surface area contributed by atoms with Crippen molar-refractivity contribution in [2.45, 2.75) is 46.4 Å². The van der Waals surface area contributed by atoms with E-state index in [1.54, 1.807) is 0 Å². The first kappa shape index (κ1) is 17.3. The van der Waals surface area contributed by atoms with Crippen LogP contribution in [0.5, 0.6) is 5.75 Å². The van der Waals surface area contributed by atoms with Crippen LogP contribution < -0.4 is 10.1 Å². The Morgan fingerprint density at radius 2 is 1.92 bits per heavy atom. The summed E-state index contributed by atoms with van der Waals surface area (Å²) in [7, 11) is 0. The van der Waals surface area contributed by atoms with Gasteiger partial charge in [0.1, 0.15) is 11.4 Å². The molecule has 0 unspecified atom stereocenters. The molecule has 1 aromatic heterocycles. The van der Waals surface area contributed by atoms with Gasteiger partial charge in [-0.15, -0.1) is 0 Å². The maximum atomic E-state index is 12.7. The fourth-order valence-corrected chi connectivity index (χ4v) is 3.24. The number of hydrogen-bond donors (Lipinski definition) is 1. The average Bonchev–Trinajstić information content (AvgIpc) is 2.66. The van der Waals surface area contributed by atoms with Gasteiger partial charge >= 0.3 is 6.03 Å². The minimum Gasteiger partial charge on any atom is -0.486 e. The summed E-state index contributed by atoms with van der Waals surface area (Å²) in [5.41, 5.74) is 3.57. The van der Waals surface area contributed by atoms with Crippen molar-refractivity contribution >= 4 is 6.03 Å². The van der Waals surface area contributed by atoms with Crippen LogP contribution in [0.25, 0.3) is 0 Å². The third-order valence-electron chi connectivity index (χ3n) is 4.16. The molecule has 2 heterocycles. The summed E-state index contributed by atoms with van der Waals surface area (Å²) in [6.07, 6.45) is 0. The highest BCUT2D eigenvalue weighted by molar-refractivity contribution is 5.74. The smallest absolute Gasteiger partial charge is 0.318 e. The van der Waals surface area contributed by atoms with Crippen LogP contribution >= 0.6 is 0 Å². The molecule has 132 valence electrons. The number of ether oxygens (including phenoxy) is 1. The Bertz CT molecular complexity index is 766. The van der Waals surface area contributed by atoms with Crippen molar-refractivity contribution in [3.8, 4) is 5.75 Å². The zero-order chi connectivity index (χ0) is 18.0. The molecule has 2 amide bonds. The molecule has 5 heteroatoms. The van der Waals surface area contributed by atoms with Crippen molar-refractivity contribution in [1.29, 1.82) is 0 Å². The van der Waals surface area contributed by atoms with E-state index in [1.165, 1.54) is 0 Å². The van der Waals surface area contributed by atoms with E-state index in [4.69, 9.17) is 4.74 Å². The molecule has 1 aliphatic rings. The Kier molecular flexibility index (Phi) is 4.66. The third-order valence-corrected chi connectivity index (χ3v) is 4.16. The summed E-state index contributed by atoms with van der Waals surface area (Å²) in [6.45, 7) is 9.49. The molecule has 1 aliphatic heterocycles. The number of aryl methyl sites for hydroxylation is 2. The molecular formula is C20H25N3O2. The van der Waals surface area contributed by atoms with Crippen molar-refractivity contribution in [2.24, 2.45) is 0 Å². The summed E-state index contributed by atoms with van der Waals surface area (Å²) in [4.78, 5) is 18.9. The van der Waals surface area contributed by atoms with Crippen LogP contribution in [0.2, 0.25) is 0 Å². The second kappa shape index (κ2) is 6.75. The molecule has 0 aliphatic carbocycles. The van der Waals surface area contributed by atoms with E-state index < -0.39 is 5.60 Å². The molecule has 1 aromatic carbocycles. The summed E-state index contributed by atoms with van der Waals surface area (Å²) in [5, 5.41) is 3.02. The lowest BCUT2D eigenvalue weighted by Gasteiger charge is -2.29. The van der Waals surface area contributed by atoms with E-state index in [2.05, 4.69) is 10.3 Å². The summed E-state index contributed by atoms with van der Waals surface area (Å²) < 4.78 is 6.09. The molecule has 2 aromatic rings. The van der Waals surface area contributed by atoms with Gasteiger partial charge in [0.25, 0.3) is 0 Å². The van der Waals surface area contributed by atoms with E-state index in [-0.39, 0.29) is 6.03 Å². The Morgan fingerprint density at radius 1 is 1.24 bits per heavy atom. The van der Waals surface area contributed by atoms with Crippen molar-refractivity contribution in [2.75, 3.05) is 6.54 Å². The lowest BCUT2D eigenvalue weighted by Crippen LogP contribution is -2.47. The first-order chi connectivity index (χ1) is 11.8. The maximum Gasteiger partial charge on any atom is 0.318 e. The van der Waals surface area contributed by atoms with E-state index in [9.17, 15) is 4.79 Å². The number of nitrogens with one attached hydrogen (secondary N) is 1. The molecule has 5 nitrogen and oxygen atoms in total. The number of urea groups is 1. The normalized spacial score (nSPS) is 15.8. The molecule has 0 fully saturated rings. The number of para-hydroxylation sites is 1. The lowest BCUT2D eigenvalue weighted by molar-refractivity contribution is 0.0807. The third kappa shape index (κ3) is 4.29. The number of aromatic nitrogens is 1. The van der Waals surface area contributed by atoms with Gasteiger partial charge in [-0.05, 0) is 51.5 Å². The number of carbonyl (C=O) groups excluding carboxylic acids is 1. The van der Waals surface area contributed by atoms with Gasteiger partial charge in [-0.3, -0.25) is 4.98 Å². The Balaban J connectivity index is 1.73. The van der Waals surface area contributed by atoms with Gasteiger partial charge < -0.3 is 15.0 Å². The first-order valence-corrected chi connectivity index (χ1v) is 8.56. The highest BCUT2D eigenvalue weighted by atomic mass is 16.5. The maximum absolute atomic E-state index is 12.7. The van der Waals surface area contributed by atoms with Gasteiger partial charge in [0.15, 0.2) is 0 Å². The Hall–Kier alpha value is -2.56. The van der Waals surface area contributed by atoms with Crippen LogP contribution in [0.3, 0.4) is 0 Å². The van der Waals surface area contributed by atoms with E-state index in [0.717, 1.165) is 28.3 Å². The quantitative estimate of drug-likeness (QED) is 0.910. The van der Waals surface area contributed by atoms with Gasteiger partial charge in [-0.2, -0.15) is 0 Å². The van der Waals surface area contributed by atoms with Crippen LogP contribution in [-0.2, 0) is 13.1 Å². The van der Waals surface area contributed by atoms with Crippen LogP contribution in [0.4, 0.5) is 4.79 Å². The SMILES string of the molecule is Cc1cc(CNC(=O)N2Cc3ccccc3OC(C)(C)C2)cc(C)n1. The molecule has 0 saturated carbocycles. The first-order valence-electron chi connectivity index (χ1n) is 8.56. The van der Waals surface area contributed by atoms with Crippen molar-refractivity contribution in [3.63, 3.8) is 0 Å². The topological polar surface area (TPSA) is 54.5 Å². The van der Waals surface area contributed by atoms with Gasteiger partial charge in [0, 0.05) is 23.5 Å². The molecule has 0 radical (unpaired) electrons. The largest absolute Gasteiger partial charge is 0.486 e. The number of benzene rings is 1. The number of pyridine rings is 1. The van der Waals surface area contributed by atoms with E-state index in [1.807, 2.05) is 69.0 Å². The van der Waals surface area contributed by atoms with Crippen molar-refractivity contribution < 1.29 is 9.53 Å². The summed E-state index contributed by atoms with van der Waals surface area (Å²) in [5.74, 6) is 0.850. The van der Waals surface area contributed by atoms with E-state index >= 15 is 0 Å². The van der Waals surface area contributed by atoms with E-state index in [0.29, 0.717) is 19.6 Å². The molecule has 0 atom stereocenters. The van der Waals surface area contributed by atoms with Crippen LogP contribution in [0.1, 0.15) is 36.4 Å². The molecule has 3 rings (SSSR count). The summed E-state index contributed by atoms with van der Waals surface area (Å²) in [6, 6.07) is 11.8. The molecule has 0 spiro atoms. The number of nitrogens with zero attached hydrogens (tertiary/aromatic N) is 2. The molecule has 1 N–H and O–H groups in total. The number of hydrogen-bond acceptors (Lipinski definition) is 3.